The van der Waals surface area contributed by atoms with Crippen molar-refractivity contribution in [3.05, 3.63) is 34.3 Å². The third-order valence-corrected chi connectivity index (χ3v) is 4.81. The second-order valence-electron chi connectivity index (χ2n) is 5.92. The van der Waals surface area contributed by atoms with Crippen LogP contribution >= 0.6 is 11.6 Å². The van der Waals surface area contributed by atoms with Crippen LogP contribution in [0.25, 0.3) is 0 Å². The Labute approximate surface area is 126 Å². The highest BCUT2D eigenvalue weighted by Gasteiger charge is 2.22. The number of likely N-dealkylation sites (tertiary alicyclic amines) is 1. The molecule has 1 atom stereocenters. The van der Waals surface area contributed by atoms with E-state index >= 15 is 0 Å². The summed E-state index contributed by atoms with van der Waals surface area (Å²) in [5.74, 6) is 0.609. The molecule has 0 aromatic heterocycles. The summed E-state index contributed by atoms with van der Waals surface area (Å²) >= 11 is 6.53. The van der Waals surface area contributed by atoms with Crippen LogP contribution in [0.15, 0.2) is 18.2 Å². The lowest BCUT2D eigenvalue weighted by molar-refractivity contribution is 0.0277. The van der Waals surface area contributed by atoms with Crippen molar-refractivity contribution < 1.29 is 4.74 Å². The summed E-state index contributed by atoms with van der Waals surface area (Å²) in [6.07, 6.45) is 2.56. The first-order valence-corrected chi connectivity index (χ1v) is 7.92. The minimum Gasteiger partial charge on any atom is -0.371 e. The van der Waals surface area contributed by atoms with Gasteiger partial charge in [0, 0.05) is 18.1 Å². The minimum absolute atomic E-state index is 0.146. The summed E-state index contributed by atoms with van der Waals surface area (Å²) in [5.41, 5.74) is 2.51. The summed E-state index contributed by atoms with van der Waals surface area (Å²) in [5, 5.41) is 4.27. The van der Waals surface area contributed by atoms with Crippen LogP contribution in [0.5, 0.6) is 0 Å². The van der Waals surface area contributed by atoms with Crippen LogP contribution in [-0.4, -0.2) is 44.7 Å². The molecule has 3 nitrogen and oxygen atoms in total. The molecule has 1 aromatic carbocycles. The van der Waals surface area contributed by atoms with E-state index < -0.39 is 0 Å². The SMILES string of the molecule is CN1CCC(c2ccc(C3CNCCO3)cc2Cl)CC1. The van der Waals surface area contributed by atoms with E-state index in [-0.39, 0.29) is 6.10 Å². The minimum atomic E-state index is 0.146. The van der Waals surface area contributed by atoms with Gasteiger partial charge in [-0.25, -0.2) is 0 Å². The van der Waals surface area contributed by atoms with Gasteiger partial charge in [-0.3, -0.25) is 0 Å². The van der Waals surface area contributed by atoms with Crippen LogP contribution in [0.4, 0.5) is 0 Å². The maximum absolute atomic E-state index is 6.53. The molecule has 0 aliphatic carbocycles. The quantitative estimate of drug-likeness (QED) is 0.908. The Morgan fingerprint density at radius 2 is 2.10 bits per heavy atom. The van der Waals surface area contributed by atoms with Gasteiger partial charge in [-0.15, -0.1) is 0 Å². The molecule has 2 heterocycles. The average Bonchev–Trinajstić information content (AvgIpc) is 2.49. The maximum atomic E-state index is 6.53. The van der Waals surface area contributed by atoms with Gasteiger partial charge in [0.05, 0.1) is 12.7 Å². The Kier molecular flexibility index (Phi) is 4.61. The molecular weight excluding hydrogens is 272 g/mol. The van der Waals surface area contributed by atoms with Gasteiger partial charge in [0.25, 0.3) is 0 Å². The zero-order valence-electron chi connectivity index (χ0n) is 12.1. The van der Waals surface area contributed by atoms with E-state index in [1.54, 1.807) is 0 Å². The zero-order chi connectivity index (χ0) is 13.9. The predicted octanol–water partition coefficient (Wildman–Crippen LogP) is 2.81. The van der Waals surface area contributed by atoms with Crippen LogP contribution in [0.2, 0.25) is 5.02 Å². The highest BCUT2D eigenvalue weighted by Crippen LogP contribution is 2.34. The third-order valence-electron chi connectivity index (χ3n) is 4.48. The van der Waals surface area contributed by atoms with Crippen molar-refractivity contribution >= 4 is 11.6 Å². The summed E-state index contributed by atoms with van der Waals surface area (Å²) in [7, 11) is 2.19. The summed E-state index contributed by atoms with van der Waals surface area (Å²) in [6.45, 7) is 4.93. The number of nitrogens with zero attached hydrogens (tertiary/aromatic N) is 1. The van der Waals surface area contributed by atoms with Gasteiger partial charge in [-0.2, -0.15) is 0 Å². The third kappa shape index (κ3) is 3.17. The summed E-state index contributed by atoms with van der Waals surface area (Å²) in [4.78, 5) is 2.39. The highest BCUT2D eigenvalue weighted by molar-refractivity contribution is 6.31. The Morgan fingerprint density at radius 3 is 2.75 bits per heavy atom. The molecule has 2 aliphatic rings. The van der Waals surface area contributed by atoms with Gasteiger partial charge in [0.2, 0.25) is 0 Å². The van der Waals surface area contributed by atoms with Gasteiger partial charge in [-0.1, -0.05) is 23.7 Å². The number of halogens is 1. The van der Waals surface area contributed by atoms with Crippen LogP contribution in [0.3, 0.4) is 0 Å². The molecule has 0 radical (unpaired) electrons. The number of ether oxygens (including phenoxy) is 1. The van der Waals surface area contributed by atoms with Gasteiger partial charge in [-0.05, 0) is 56.1 Å². The molecular formula is C16H23ClN2O. The zero-order valence-corrected chi connectivity index (χ0v) is 12.8. The predicted molar refractivity (Wildman–Crippen MR) is 82.5 cm³/mol. The van der Waals surface area contributed by atoms with E-state index in [1.807, 2.05) is 0 Å². The molecule has 3 rings (SSSR count). The number of rotatable bonds is 2. The number of morpholine rings is 1. The molecule has 1 unspecified atom stereocenters. The van der Waals surface area contributed by atoms with Crippen molar-refractivity contribution in [3.8, 4) is 0 Å². The largest absolute Gasteiger partial charge is 0.371 e. The van der Waals surface area contributed by atoms with Crippen molar-refractivity contribution in [3.63, 3.8) is 0 Å². The van der Waals surface area contributed by atoms with Crippen LogP contribution < -0.4 is 5.32 Å². The van der Waals surface area contributed by atoms with E-state index in [4.69, 9.17) is 16.3 Å². The van der Waals surface area contributed by atoms with Crippen LogP contribution in [-0.2, 0) is 4.74 Å². The van der Waals surface area contributed by atoms with Crippen molar-refractivity contribution in [1.82, 2.24) is 10.2 Å². The topological polar surface area (TPSA) is 24.5 Å². The Balaban J connectivity index is 1.73. The molecule has 1 aromatic rings. The molecule has 0 bridgehead atoms. The lowest BCUT2D eigenvalue weighted by Crippen LogP contribution is -2.33. The van der Waals surface area contributed by atoms with Crippen LogP contribution in [0.1, 0.15) is 36.0 Å². The van der Waals surface area contributed by atoms with E-state index in [1.165, 1.54) is 37.1 Å². The fourth-order valence-electron chi connectivity index (χ4n) is 3.17. The fraction of sp³-hybridized carbons (Fsp3) is 0.625. The summed E-state index contributed by atoms with van der Waals surface area (Å²) < 4.78 is 5.79. The van der Waals surface area contributed by atoms with Crippen molar-refractivity contribution in [2.75, 3.05) is 39.8 Å². The fourth-order valence-corrected chi connectivity index (χ4v) is 3.52. The molecule has 110 valence electrons. The monoisotopic (exact) mass is 294 g/mol. The van der Waals surface area contributed by atoms with Gasteiger partial charge in [0.15, 0.2) is 0 Å². The second-order valence-corrected chi connectivity index (χ2v) is 6.33. The Morgan fingerprint density at radius 1 is 1.30 bits per heavy atom. The molecule has 0 spiro atoms. The smallest absolute Gasteiger partial charge is 0.0950 e. The highest BCUT2D eigenvalue weighted by atomic mass is 35.5. The van der Waals surface area contributed by atoms with Crippen molar-refractivity contribution in [2.24, 2.45) is 0 Å². The van der Waals surface area contributed by atoms with Gasteiger partial charge in [0.1, 0.15) is 0 Å². The molecule has 0 saturated carbocycles. The standard InChI is InChI=1S/C16H23ClN2O/c1-19-7-4-12(5-8-19)14-3-2-13(10-15(14)17)16-11-18-6-9-20-16/h2-3,10,12,16,18H,4-9,11H2,1H3. The van der Waals surface area contributed by atoms with Gasteiger partial charge < -0.3 is 15.0 Å². The molecule has 4 heteroatoms. The molecule has 2 fully saturated rings. The number of hydrogen-bond acceptors (Lipinski definition) is 3. The molecule has 1 N–H and O–H groups in total. The van der Waals surface area contributed by atoms with Crippen molar-refractivity contribution in [2.45, 2.75) is 24.9 Å². The molecule has 2 saturated heterocycles. The first-order chi connectivity index (χ1) is 9.74. The normalized spacial score (nSPS) is 25.8. The molecule has 2 aliphatic heterocycles. The average molecular weight is 295 g/mol. The van der Waals surface area contributed by atoms with Crippen LogP contribution in [0, 0.1) is 0 Å². The molecule has 20 heavy (non-hydrogen) atoms. The van der Waals surface area contributed by atoms with E-state index in [2.05, 4.69) is 35.5 Å². The van der Waals surface area contributed by atoms with E-state index in [0.29, 0.717) is 5.92 Å². The number of piperidine rings is 1. The summed E-state index contributed by atoms with van der Waals surface area (Å²) in [6, 6.07) is 6.51. The Bertz CT molecular complexity index is 452. The van der Waals surface area contributed by atoms with E-state index in [9.17, 15) is 0 Å². The number of benzene rings is 1. The first-order valence-electron chi connectivity index (χ1n) is 7.54. The lowest BCUT2D eigenvalue weighted by atomic mass is 9.88. The molecule has 0 amide bonds. The van der Waals surface area contributed by atoms with Gasteiger partial charge >= 0.3 is 0 Å². The second kappa shape index (κ2) is 6.44. The first kappa shape index (κ1) is 14.3. The maximum Gasteiger partial charge on any atom is 0.0950 e. The number of nitrogens with one attached hydrogen (secondary N) is 1. The Hall–Kier alpha value is -0.610. The lowest BCUT2D eigenvalue weighted by Gasteiger charge is -2.30. The van der Waals surface area contributed by atoms with Crippen molar-refractivity contribution in [1.29, 1.82) is 0 Å². The van der Waals surface area contributed by atoms with E-state index in [0.717, 1.165) is 24.7 Å². The number of hydrogen-bond donors (Lipinski definition) is 1.